The summed E-state index contributed by atoms with van der Waals surface area (Å²) in [7, 11) is 0. The maximum atomic E-state index is 12.8. The highest BCUT2D eigenvalue weighted by atomic mass is 35.5. The molecule has 1 aliphatic rings. The second-order valence-electron chi connectivity index (χ2n) is 6.77. The number of nitrogens with zero attached hydrogens (tertiary/aromatic N) is 2. The summed E-state index contributed by atoms with van der Waals surface area (Å²) in [6, 6.07) is 11.7. The number of nitrogens with two attached hydrogens (primary N) is 1. The molecule has 1 fully saturated rings. The Kier molecular flexibility index (Phi) is 9.03. The maximum absolute atomic E-state index is 12.8. The van der Waals surface area contributed by atoms with E-state index < -0.39 is 0 Å². The normalized spacial score (nSPS) is 18.4. The third-order valence-electron chi connectivity index (χ3n) is 4.72. The van der Waals surface area contributed by atoms with E-state index in [0.717, 1.165) is 30.0 Å². The van der Waals surface area contributed by atoms with Crippen molar-refractivity contribution in [3.63, 3.8) is 0 Å². The van der Waals surface area contributed by atoms with Gasteiger partial charge in [-0.05, 0) is 62.6 Å². The van der Waals surface area contributed by atoms with Crippen molar-refractivity contribution < 1.29 is 9.53 Å². The van der Waals surface area contributed by atoms with Crippen LogP contribution in [0.3, 0.4) is 0 Å². The van der Waals surface area contributed by atoms with Crippen LogP contribution >= 0.6 is 24.8 Å². The Labute approximate surface area is 173 Å². The molecule has 148 valence electrons. The molecule has 1 aromatic heterocycles. The number of carbonyl (C=O) groups excluding carboxylic acids is 1. The third kappa shape index (κ3) is 5.83. The van der Waals surface area contributed by atoms with Crippen LogP contribution in [-0.4, -0.2) is 34.9 Å². The lowest BCUT2D eigenvalue weighted by atomic mass is 10.1. The van der Waals surface area contributed by atoms with Gasteiger partial charge >= 0.3 is 0 Å². The predicted molar refractivity (Wildman–Crippen MR) is 112 cm³/mol. The van der Waals surface area contributed by atoms with Crippen molar-refractivity contribution in [3.05, 3.63) is 59.4 Å². The summed E-state index contributed by atoms with van der Waals surface area (Å²) < 4.78 is 5.76. The van der Waals surface area contributed by atoms with Gasteiger partial charge in [-0.1, -0.05) is 12.1 Å². The summed E-state index contributed by atoms with van der Waals surface area (Å²) in [6.45, 7) is 5.81. The molecule has 2 N–H and O–H groups in total. The first-order valence-corrected chi connectivity index (χ1v) is 8.72. The summed E-state index contributed by atoms with van der Waals surface area (Å²) in [4.78, 5) is 19.0. The zero-order valence-corrected chi connectivity index (χ0v) is 17.3. The molecule has 0 bridgehead atoms. The first kappa shape index (κ1) is 23.2. The Morgan fingerprint density at radius 2 is 2.07 bits per heavy atom. The van der Waals surface area contributed by atoms with E-state index in [1.807, 2.05) is 48.2 Å². The lowest BCUT2D eigenvalue weighted by molar-refractivity contribution is 0.0743. The molecule has 1 aromatic carbocycles. The van der Waals surface area contributed by atoms with Gasteiger partial charge in [-0.2, -0.15) is 0 Å². The van der Waals surface area contributed by atoms with E-state index in [0.29, 0.717) is 24.6 Å². The van der Waals surface area contributed by atoms with Crippen LogP contribution < -0.4 is 10.5 Å². The average molecular weight is 412 g/mol. The molecule has 5 nitrogen and oxygen atoms in total. The molecule has 7 heteroatoms. The smallest absolute Gasteiger partial charge is 0.254 e. The Morgan fingerprint density at radius 1 is 1.30 bits per heavy atom. The predicted octanol–water partition coefficient (Wildman–Crippen LogP) is 3.62. The minimum absolute atomic E-state index is 0. The van der Waals surface area contributed by atoms with Gasteiger partial charge in [-0.3, -0.25) is 9.78 Å². The van der Waals surface area contributed by atoms with Crippen molar-refractivity contribution >= 4 is 30.7 Å². The molecule has 3 rings (SSSR count). The molecule has 2 heterocycles. The summed E-state index contributed by atoms with van der Waals surface area (Å²) in [6.07, 6.45) is 2.69. The van der Waals surface area contributed by atoms with Gasteiger partial charge in [-0.15, -0.1) is 24.8 Å². The lowest BCUT2D eigenvalue weighted by Crippen LogP contribution is -2.34. The van der Waals surface area contributed by atoms with E-state index in [1.54, 1.807) is 6.20 Å². The van der Waals surface area contributed by atoms with E-state index in [1.165, 1.54) is 0 Å². The number of rotatable bonds is 5. The van der Waals surface area contributed by atoms with Crippen LogP contribution in [0.4, 0.5) is 0 Å². The fraction of sp³-hybridized carbons (Fsp3) is 0.400. The molecule has 27 heavy (non-hydrogen) atoms. The SMILES string of the molecule is Cc1ccc(OCc2cccc(C(=O)N3CC(CN)CC3C)c2)cn1.Cl.Cl. The van der Waals surface area contributed by atoms with Gasteiger partial charge in [0.15, 0.2) is 0 Å². The van der Waals surface area contributed by atoms with Crippen LogP contribution in [0.5, 0.6) is 5.75 Å². The van der Waals surface area contributed by atoms with Gasteiger partial charge in [0.2, 0.25) is 0 Å². The zero-order valence-electron chi connectivity index (χ0n) is 15.6. The number of ether oxygens (including phenoxy) is 1. The van der Waals surface area contributed by atoms with E-state index in [2.05, 4.69) is 11.9 Å². The number of hydrogen-bond donors (Lipinski definition) is 1. The van der Waals surface area contributed by atoms with Crippen molar-refractivity contribution in [3.8, 4) is 5.75 Å². The first-order chi connectivity index (χ1) is 12.1. The summed E-state index contributed by atoms with van der Waals surface area (Å²) in [5.74, 6) is 1.20. The van der Waals surface area contributed by atoms with Crippen LogP contribution in [-0.2, 0) is 6.61 Å². The molecular formula is C20H27Cl2N3O2. The first-order valence-electron chi connectivity index (χ1n) is 8.72. The number of aromatic nitrogens is 1. The van der Waals surface area contributed by atoms with E-state index in [-0.39, 0.29) is 36.8 Å². The van der Waals surface area contributed by atoms with Gasteiger partial charge < -0.3 is 15.4 Å². The minimum Gasteiger partial charge on any atom is -0.487 e. The minimum atomic E-state index is 0. The number of carbonyl (C=O) groups is 1. The molecule has 1 aliphatic heterocycles. The number of likely N-dealkylation sites (tertiary alicyclic amines) is 1. The molecule has 0 saturated carbocycles. The topological polar surface area (TPSA) is 68.5 Å². The molecule has 1 amide bonds. The van der Waals surface area contributed by atoms with Crippen molar-refractivity contribution in [2.24, 2.45) is 11.7 Å². The van der Waals surface area contributed by atoms with Crippen LogP contribution in [0.2, 0.25) is 0 Å². The van der Waals surface area contributed by atoms with E-state index in [9.17, 15) is 4.79 Å². The number of aryl methyl sites for hydroxylation is 1. The molecule has 2 unspecified atom stereocenters. The summed E-state index contributed by atoms with van der Waals surface area (Å²) in [5.41, 5.74) is 8.39. The van der Waals surface area contributed by atoms with Crippen molar-refractivity contribution in [1.29, 1.82) is 0 Å². The molecule has 2 aromatic rings. The second kappa shape index (κ2) is 10.5. The van der Waals surface area contributed by atoms with Gasteiger partial charge in [0.05, 0.1) is 6.20 Å². The average Bonchev–Trinajstić information content (AvgIpc) is 3.02. The standard InChI is InChI=1S/C20H25N3O2.2ClH/c1-14-6-7-19(11-22-14)25-13-16-4-3-5-18(9-16)20(24)23-12-17(10-21)8-15(23)2;;/h3-7,9,11,15,17H,8,10,12-13,21H2,1-2H3;2*1H. The van der Waals surface area contributed by atoms with Crippen LogP contribution in [0.25, 0.3) is 0 Å². The van der Waals surface area contributed by atoms with Crippen LogP contribution in [0, 0.1) is 12.8 Å². The number of hydrogen-bond acceptors (Lipinski definition) is 4. The third-order valence-corrected chi connectivity index (χ3v) is 4.72. The Balaban J connectivity index is 0.00000182. The fourth-order valence-electron chi connectivity index (χ4n) is 3.26. The highest BCUT2D eigenvalue weighted by Gasteiger charge is 2.32. The number of pyridine rings is 1. The number of benzene rings is 1. The highest BCUT2D eigenvalue weighted by molar-refractivity contribution is 5.94. The molecule has 0 aliphatic carbocycles. The van der Waals surface area contributed by atoms with Crippen molar-refractivity contribution in [2.75, 3.05) is 13.1 Å². The van der Waals surface area contributed by atoms with Gasteiger partial charge in [0.25, 0.3) is 5.91 Å². The lowest BCUT2D eigenvalue weighted by Gasteiger charge is -2.22. The molecule has 0 radical (unpaired) electrons. The fourth-order valence-corrected chi connectivity index (χ4v) is 3.26. The molecule has 1 saturated heterocycles. The maximum Gasteiger partial charge on any atom is 0.254 e. The molecule has 2 atom stereocenters. The second-order valence-corrected chi connectivity index (χ2v) is 6.77. The number of halogens is 2. The molecule has 0 spiro atoms. The monoisotopic (exact) mass is 411 g/mol. The van der Waals surface area contributed by atoms with Crippen LogP contribution in [0.1, 0.15) is 35.0 Å². The zero-order chi connectivity index (χ0) is 17.8. The van der Waals surface area contributed by atoms with Gasteiger partial charge in [0, 0.05) is 23.8 Å². The van der Waals surface area contributed by atoms with Crippen molar-refractivity contribution in [2.45, 2.75) is 32.9 Å². The van der Waals surface area contributed by atoms with Crippen molar-refractivity contribution in [1.82, 2.24) is 9.88 Å². The highest BCUT2D eigenvalue weighted by Crippen LogP contribution is 2.24. The molecular weight excluding hydrogens is 385 g/mol. The number of amides is 1. The summed E-state index contributed by atoms with van der Waals surface area (Å²) in [5, 5.41) is 0. The van der Waals surface area contributed by atoms with E-state index >= 15 is 0 Å². The van der Waals surface area contributed by atoms with Gasteiger partial charge in [0.1, 0.15) is 12.4 Å². The Bertz CT molecular complexity index is 740. The largest absolute Gasteiger partial charge is 0.487 e. The van der Waals surface area contributed by atoms with Crippen LogP contribution in [0.15, 0.2) is 42.6 Å². The van der Waals surface area contributed by atoms with Gasteiger partial charge in [-0.25, -0.2) is 0 Å². The Morgan fingerprint density at radius 3 is 2.70 bits per heavy atom. The van der Waals surface area contributed by atoms with E-state index in [4.69, 9.17) is 10.5 Å². The Hall–Kier alpha value is -1.82. The summed E-state index contributed by atoms with van der Waals surface area (Å²) >= 11 is 0. The quantitative estimate of drug-likeness (QED) is 0.815.